The monoisotopic (exact) mass is 370 g/mol. The molecule has 0 spiro atoms. The van der Waals surface area contributed by atoms with Crippen molar-refractivity contribution >= 4 is 39.1 Å². The van der Waals surface area contributed by atoms with Crippen molar-refractivity contribution in [1.29, 1.82) is 0 Å². The SMILES string of the molecule is Cc1c(C(=O)Nc2ccccc2C(=O)N(C)C)sc2ncn(C)c(=O)c12. The molecule has 1 N–H and O–H groups in total. The van der Waals surface area contributed by atoms with Gasteiger partial charge in [-0.05, 0) is 24.6 Å². The number of fused-ring (bicyclic) bond motifs is 1. The highest BCUT2D eigenvalue weighted by atomic mass is 32.1. The first-order valence-electron chi connectivity index (χ1n) is 7.88. The Bertz CT molecular complexity index is 1080. The number of para-hydroxylation sites is 1. The second-order valence-corrected chi connectivity index (χ2v) is 7.10. The zero-order valence-electron chi connectivity index (χ0n) is 14.9. The lowest BCUT2D eigenvalue weighted by atomic mass is 10.1. The van der Waals surface area contributed by atoms with E-state index in [4.69, 9.17) is 0 Å². The van der Waals surface area contributed by atoms with E-state index in [2.05, 4.69) is 10.3 Å². The molecule has 0 saturated heterocycles. The van der Waals surface area contributed by atoms with E-state index in [1.165, 1.54) is 15.8 Å². The van der Waals surface area contributed by atoms with Crippen LogP contribution in [0.3, 0.4) is 0 Å². The predicted octanol–water partition coefficient (Wildman–Crippen LogP) is 2.26. The molecule has 0 atom stereocenters. The van der Waals surface area contributed by atoms with Crippen molar-refractivity contribution in [2.75, 3.05) is 19.4 Å². The van der Waals surface area contributed by atoms with Gasteiger partial charge >= 0.3 is 0 Å². The normalized spacial score (nSPS) is 10.8. The van der Waals surface area contributed by atoms with E-state index in [0.29, 0.717) is 31.9 Å². The maximum absolute atomic E-state index is 12.8. The number of carbonyl (C=O) groups excluding carboxylic acids is 2. The summed E-state index contributed by atoms with van der Waals surface area (Å²) >= 11 is 1.16. The van der Waals surface area contributed by atoms with Gasteiger partial charge in [0, 0.05) is 21.1 Å². The predicted molar refractivity (Wildman–Crippen MR) is 102 cm³/mol. The van der Waals surface area contributed by atoms with Gasteiger partial charge in [0.1, 0.15) is 4.83 Å². The molecule has 0 saturated carbocycles. The molecule has 0 aliphatic carbocycles. The van der Waals surface area contributed by atoms with Crippen molar-refractivity contribution < 1.29 is 9.59 Å². The Morgan fingerprint density at radius 3 is 2.62 bits per heavy atom. The molecule has 2 aromatic heterocycles. The van der Waals surface area contributed by atoms with Gasteiger partial charge in [0.05, 0.1) is 27.8 Å². The molecule has 7 nitrogen and oxygen atoms in total. The van der Waals surface area contributed by atoms with Gasteiger partial charge in [-0.1, -0.05) is 12.1 Å². The van der Waals surface area contributed by atoms with Gasteiger partial charge in [-0.2, -0.15) is 0 Å². The van der Waals surface area contributed by atoms with E-state index in [-0.39, 0.29) is 17.4 Å². The van der Waals surface area contributed by atoms with E-state index in [1.54, 1.807) is 52.3 Å². The summed E-state index contributed by atoms with van der Waals surface area (Å²) in [5.41, 5.74) is 1.23. The van der Waals surface area contributed by atoms with Crippen LogP contribution in [0.5, 0.6) is 0 Å². The molecule has 0 radical (unpaired) electrons. The standard InChI is InChI=1S/C18H18N4O3S/c1-10-13-16(19-9-22(4)18(13)25)26-14(10)15(23)20-12-8-6-5-7-11(12)17(24)21(2)3/h5-9H,1-4H3,(H,20,23). The Balaban J connectivity index is 2.01. The molecule has 0 aliphatic heterocycles. The van der Waals surface area contributed by atoms with Crippen LogP contribution in [0.1, 0.15) is 25.6 Å². The van der Waals surface area contributed by atoms with Gasteiger partial charge in [-0.15, -0.1) is 11.3 Å². The number of hydrogen-bond acceptors (Lipinski definition) is 5. The van der Waals surface area contributed by atoms with Gasteiger partial charge < -0.3 is 14.8 Å². The van der Waals surface area contributed by atoms with Crippen molar-refractivity contribution in [2.45, 2.75) is 6.92 Å². The molecule has 0 fully saturated rings. The number of anilines is 1. The fourth-order valence-electron chi connectivity index (χ4n) is 2.62. The van der Waals surface area contributed by atoms with E-state index < -0.39 is 0 Å². The Labute approximate surface area is 153 Å². The van der Waals surface area contributed by atoms with Crippen molar-refractivity contribution in [3.8, 4) is 0 Å². The highest BCUT2D eigenvalue weighted by molar-refractivity contribution is 7.20. The third-order valence-electron chi connectivity index (χ3n) is 4.03. The fourth-order valence-corrected chi connectivity index (χ4v) is 3.66. The van der Waals surface area contributed by atoms with Crippen LogP contribution in [0.25, 0.3) is 10.2 Å². The first kappa shape index (κ1) is 17.8. The zero-order valence-corrected chi connectivity index (χ0v) is 15.7. The van der Waals surface area contributed by atoms with Crippen molar-refractivity contribution in [3.05, 3.63) is 57.0 Å². The number of hydrogen-bond donors (Lipinski definition) is 1. The second-order valence-electron chi connectivity index (χ2n) is 6.10. The number of rotatable bonds is 3. The summed E-state index contributed by atoms with van der Waals surface area (Å²) in [7, 11) is 4.92. The number of benzene rings is 1. The minimum absolute atomic E-state index is 0.189. The quantitative estimate of drug-likeness (QED) is 0.766. The number of amides is 2. The van der Waals surface area contributed by atoms with Crippen molar-refractivity contribution in [3.63, 3.8) is 0 Å². The smallest absolute Gasteiger partial charge is 0.266 e. The summed E-state index contributed by atoms with van der Waals surface area (Å²) in [6.45, 7) is 1.73. The van der Waals surface area contributed by atoms with E-state index in [0.717, 1.165) is 11.3 Å². The van der Waals surface area contributed by atoms with Crippen molar-refractivity contribution in [1.82, 2.24) is 14.5 Å². The Morgan fingerprint density at radius 1 is 1.23 bits per heavy atom. The maximum Gasteiger partial charge on any atom is 0.266 e. The second kappa shape index (κ2) is 6.72. The molecule has 2 heterocycles. The third-order valence-corrected chi connectivity index (χ3v) is 5.23. The lowest BCUT2D eigenvalue weighted by Gasteiger charge is -2.14. The number of carbonyl (C=O) groups is 2. The average Bonchev–Trinajstić information content (AvgIpc) is 2.95. The highest BCUT2D eigenvalue weighted by Gasteiger charge is 2.21. The summed E-state index contributed by atoms with van der Waals surface area (Å²) < 4.78 is 1.38. The van der Waals surface area contributed by atoms with E-state index in [9.17, 15) is 14.4 Å². The van der Waals surface area contributed by atoms with Gasteiger partial charge in [-0.3, -0.25) is 14.4 Å². The summed E-state index contributed by atoms with van der Waals surface area (Å²) in [5.74, 6) is -0.573. The molecule has 134 valence electrons. The molecule has 8 heteroatoms. The molecular weight excluding hydrogens is 352 g/mol. The van der Waals surface area contributed by atoms with Crippen LogP contribution in [0.15, 0.2) is 35.4 Å². The van der Waals surface area contributed by atoms with Crippen molar-refractivity contribution in [2.24, 2.45) is 7.05 Å². The number of aryl methyl sites for hydroxylation is 2. The largest absolute Gasteiger partial charge is 0.345 e. The number of nitrogens with one attached hydrogen (secondary N) is 1. The molecular formula is C18H18N4O3S. The zero-order chi connectivity index (χ0) is 19.0. The van der Waals surface area contributed by atoms with Crippen LogP contribution in [0, 0.1) is 6.92 Å². The van der Waals surface area contributed by atoms with Crippen LogP contribution in [0.4, 0.5) is 5.69 Å². The summed E-state index contributed by atoms with van der Waals surface area (Å²) in [5, 5.41) is 3.23. The molecule has 1 aromatic carbocycles. The lowest BCUT2D eigenvalue weighted by Crippen LogP contribution is -2.24. The fraction of sp³-hybridized carbons (Fsp3) is 0.222. The minimum Gasteiger partial charge on any atom is -0.345 e. The lowest BCUT2D eigenvalue weighted by molar-refractivity contribution is 0.0828. The summed E-state index contributed by atoms with van der Waals surface area (Å²) in [6.07, 6.45) is 1.44. The number of thiophene rings is 1. The Morgan fingerprint density at radius 2 is 1.92 bits per heavy atom. The van der Waals surface area contributed by atoms with Gasteiger partial charge in [0.2, 0.25) is 0 Å². The molecule has 3 aromatic rings. The molecule has 0 aliphatic rings. The molecule has 0 unspecified atom stereocenters. The topological polar surface area (TPSA) is 84.3 Å². The van der Waals surface area contributed by atoms with Gasteiger partial charge in [0.15, 0.2) is 0 Å². The van der Waals surface area contributed by atoms with Crippen LogP contribution < -0.4 is 10.9 Å². The molecule has 26 heavy (non-hydrogen) atoms. The van der Waals surface area contributed by atoms with E-state index >= 15 is 0 Å². The number of aromatic nitrogens is 2. The first-order valence-corrected chi connectivity index (χ1v) is 8.69. The Kier molecular flexibility index (Phi) is 4.60. The number of nitrogens with zero attached hydrogens (tertiary/aromatic N) is 3. The van der Waals surface area contributed by atoms with Crippen LogP contribution >= 0.6 is 11.3 Å². The van der Waals surface area contributed by atoms with Gasteiger partial charge in [-0.25, -0.2) is 4.98 Å². The van der Waals surface area contributed by atoms with Gasteiger partial charge in [0.25, 0.3) is 17.4 Å². The van der Waals surface area contributed by atoms with Crippen LogP contribution in [-0.2, 0) is 7.05 Å². The summed E-state index contributed by atoms with van der Waals surface area (Å²) in [6, 6.07) is 6.82. The Hall–Kier alpha value is -3.00. The summed E-state index contributed by atoms with van der Waals surface area (Å²) in [4.78, 5) is 44.0. The molecule has 2 amide bonds. The third kappa shape index (κ3) is 2.99. The maximum atomic E-state index is 12.8. The average molecular weight is 370 g/mol. The van der Waals surface area contributed by atoms with Crippen LogP contribution in [0.2, 0.25) is 0 Å². The first-order chi connectivity index (χ1) is 12.3. The van der Waals surface area contributed by atoms with E-state index in [1.807, 2.05) is 0 Å². The molecule has 0 bridgehead atoms. The molecule has 3 rings (SSSR count). The minimum atomic E-state index is -0.369. The van der Waals surface area contributed by atoms with Crippen LogP contribution in [-0.4, -0.2) is 40.4 Å². The highest BCUT2D eigenvalue weighted by Crippen LogP contribution is 2.28.